The molecular weight excluding hydrogens is 298 g/mol. The monoisotopic (exact) mass is 321 g/mol. The Morgan fingerprint density at radius 3 is 3.14 bits per heavy atom. The quantitative estimate of drug-likeness (QED) is 0.869. The molecule has 0 amide bonds. The Hall–Kier alpha value is -1.31. The summed E-state index contributed by atoms with van der Waals surface area (Å²) in [5, 5.41) is 12.3. The van der Waals surface area contributed by atoms with Crippen molar-refractivity contribution in [1.29, 1.82) is 0 Å². The lowest BCUT2D eigenvalue weighted by Gasteiger charge is -2.29. The summed E-state index contributed by atoms with van der Waals surface area (Å²) in [7, 11) is 0. The fourth-order valence-electron chi connectivity index (χ4n) is 2.84. The molecule has 1 aliphatic rings. The first-order chi connectivity index (χ1) is 10.7. The van der Waals surface area contributed by atoms with E-state index in [4.69, 9.17) is 0 Å². The Balaban J connectivity index is 1.69. The Bertz CT molecular complexity index is 689. The van der Waals surface area contributed by atoms with Gasteiger partial charge in [-0.1, -0.05) is 24.7 Å². The molecule has 0 aliphatic carbocycles. The maximum Gasteiger partial charge on any atom is 0.275 e. The number of piperidine rings is 1. The predicted octanol–water partition coefficient (Wildman–Crippen LogP) is 1.33. The number of nitrogens with zero attached hydrogens (tertiary/aromatic N) is 3. The molecule has 0 bridgehead atoms. The van der Waals surface area contributed by atoms with Gasteiger partial charge in [-0.25, -0.2) is 4.98 Å². The molecule has 2 unspecified atom stereocenters. The topological polar surface area (TPSA) is 71.3 Å². The first-order valence-electron chi connectivity index (χ1n) is 8.03. The number of hydrogen-bond acceptors (Lipinski definition) is 6. The van der Waals surface area contributed by atoms with Crippen LogP contribution in [0.15, 0.2) is 10.9 Å². The summed E-state index contributed by atoms with van der Waals surface area (Å²) >= 11 is 1.49. The van der Waals surface area contributed by atoms with Crippen LogP contribution in [0.25, 0.3) is 4.96 Å². The highest BCUT2D eigenvalue weighted by molar-refractivity contribution is 7.16. The Labute approximate surface area is 134 Å². The molecule has 6 nitrogen and oxygen atoms in total. The van der Waals surface area contributed by atoms with Gasteiger partial charge in [0.05, 0.1) is 5.69 Å². The van der Waals surface area contributed by atoms with E-state index in [0.29, 0.717) is 23.6 Å². The van der Waals surface area contributed by atoms with Crippen LogP contribution < -0.4 is 16.2 Å². The van der Waals surface area contributed by atoms with Crippen molar-refractivity contribution in [3.8, 4) is 0 Å². The van der Waals surface area contributed by atoms with Gasteiger partial charge in [0.15, 0.2) is 0 Å². The minimum atomic E-state index is -0.0961. The van der Waals surface area contributed by atoms with E-state index in [1.807, 2.05) is 6.92 Å². The lowest BCUT2D eigenvalue weighted by Crippen LogP contribution is -2.48. The summed E-state index contributed by atoms with van der Waals surface area (Å²) < 4.78 is 1.40. The molecule has 2 aromatic rings. The highest BCUT2D eigenvalue weighted by Crippen LogP contribution is 2.13. The van der Waals surface area contributed by atoms with Gasteiger partial charge in [-0.2, -0.15) is 9.61 Å². The largest absolute Gasteiger partial charge is 0.312 e. The molecule has 7 heteroatoms. The first-order valence-corrected chi connectivity index (χ1v) is 8.84. The van der Waals surface area contributed by atoms with Gasteiger partial charge >= 0.3 is 0 Å². The van der Waals surface area contributed by atoms with E-state index < -0.39 is 0 Å². The number of nitrogens with one attached hydrogen (secondary N) is 2. The van der Waals surface area contributed by atoms with E-state index in [1.165, 1.54) is 35.1 Å². The van der Waals surface area contributed by atoms with Crippen LogP contribution >= 0.6 is 11.3 Å². The second-order valence-corrected chi connectivity index (χ2v) is 6.90. The highest BCUT2D eigenvalue weighted by atomic mass is 32.1. The summed E-state index contributed by atoms with van der Waals surface area (Å²) in [6.07, 6.45) is 4.59. The minimum Gasteiger partial charge on any atom is -0.312 e. The van der Waals surface area contributed by atoms with E-state index in [1.54, 1.807) is 6.07 Å². The zero-order valence-corrected chi connectivity index (χ0v) is 13.9. The zero-order valence-electron chi connectivity index (χ0n) is 13.1. The fraction of sp³-hybridized carbons (Fsp3) is 0.667. The molecule has 1 saturated heterocycles. The highest BCUT2D eigenvalue weighted by Gasteiger charge is 2.19. The number of rotatable bonds is 5. The lowest BCUT2D eigenvalue weighted by molar-refractivity contribution is 0.323. The molecule has 1 fully saturated rings. The van der Waals surface area contributed by atoms with Gasteiger partial charge in [-0.05, 0) is 32.7 Å². The molecule has 2 aromatic heterocycles. The van der Waals surface area contributed by atoms with E-state index in [2.05, 4.69) is 27.6 Å². The number of fused-ring (bicyclic) bond motifs is 1. The van der Waals surface area contributed by atoms with Crippen molar-refractivity contribution < 1.29 is 0 Å². The van der Waals surface area contributed by atoms with Gasteiger partial charge < -0.3 is 10.6 Å². The summed E-state index contributed by atoms with van der Waals surface area (Å²) in [5.41, 5.74) is 0.695. The molecule has 0 saturated carbocycles. The maximum absolute atomic E-state index is 12.1. The molecule has 2 atom stereocenters. The molecule has 2 N–H and O–H groups in total. The molecule has 0 spiro atoms. The van der Waals surface area contributed by atoms with Gasteiger partial charge in [0.1, 0.15) is 5.01 Å². The number of aryl methyl sites for hydroxylation is 1. The molecule has 0 aromatic carbocycles. The van der Waals surface area contributed by atoms with Crippen LogP contribution in [0.1, 0.15) is 43.8 Å². The van der Waals surface area contributed by atoms with Crippen LogP contribution in [0.5, 0.6) is 0 Å². The maximum atomic E-state index is 12.1. The molecule has 3 rings (SSSR count). The third-order valence-corrected chi connectivity index (χ3v) is 5.25. The molecule has 3 heterocycles. The average Bonchev–Trinajstić information content (AvgIpc) is 2.97. The van der Waals surface area contributed by atoms with Crippen LogP contribution in [0.4, 0.5) is 0 Å². The van der Waals surface area contributed by atoms with Crippen molar-refractivity contribution in [1.82, 2.24) is 25.2 Å². The van der Waals surface area contributed by atoms with Gasteiger partial charge in [0, 0.05) is 24.7 Å². The molecule has 120 valence electrons. The average molecular weight is 321 g/mol. The standard InChI is InChI=1S/C15H23N5OS/c1-3-13-19-20-14(21)8-11(18-15(20)22-13)9-17-10(2)12-6-4-5-7-16-12/h8,10,12,16-17H,3-7,9H2,1-2H3. The van der Waals surface area contributed by atoms with Crippen molar-refractivity contribution >= 4 is 16.3 Å². The van der Waals surface area contributed by atoms with Crippen molar-refractivity contribution in [3.05, 3.63) is 27.1 Å². The van der Waals surface area contributed by atoms with Crippen LogP contribution in [0.3, 0.4) is 0 Å². The predicted molar refractivity (Wildman–Crippen MR) is 88.5 cm³/mol. The van der Waals surface area contributed by atoms with Crippen LogP contribution in [0.2, 0.25) is 0 Å². The van der Waals surface area contributed by atoms with E-state index in [0.717, 1.165) is 23.7 Å². The molecule has 22 heavy (non-hydrogen) atoms. The van der Waals surface area contributed by atoms with Crippen LogP contribution in [-0.2, 0) is 13.0 Å². The zero-order chi connectivity index (χ0) is 15.5. The van der Waals surface area contributed by atoms with Crippen LogP contribution in [0, 0.1) is 0 Å². The normalized spacial score (nSPS) is 20.4. The van der Waals surface area contributed by atoms with Gasteiger partial charge in [0.25, 0.3) is 5.56 Å². The van der Waals surface area contributed by atoms with E-state index in [9.17, 15) is 4.79 Å². The van der Waals surface area contributed by atoms with Gasteiger partial charge in [-0.15, -0.1) is 0 Å². The van der Waals surface area contributed by atoms with E-state index >= 15 is 0 Å². The van der Waals surface area contributed by atoms with E-state index in [-0.39, 0.29) is 5.56 Å². The Morgan fingerprint density at radius 1 is 1.55 bits per heavy atom. The van der Waals surface area contributed by atoms with Crippen molar-refractivity contribution in [2.24, 2.45) is 0 Å². The van der Waals surface area contributed by atoms with Crippen LogP contribution in [-0.4, -0.2) is 33.2 Å². The van der Waals surface area contributed by atoms with Gasteiger partial charge in [-0.3, -0.25) is 4.79 Å². The molecular formula is C15H23N5OS. The summed E-state index contributed by atoms with van der Waals surface area (Å²) in [5.74, 6) is 0. The Kier molecular flexibility index (Phi) is 4.85. The molecule has 0 radical (unpaired) electrons. The second kappa shape index (κ2) is 6.85. The third kappa shape index (κ3) is 3.37. The smallest absolute Gasteiger partial charge is 0.275 e. The van der Waals surface area contributed by atoms with Crippen molar-refractivity contribution in [2.75, 3.05) is 6.54 Å². The lowest BCUT2D eigenvalue weighted by atomic mass is 9.99. The SMILES string of the molecule is CCc1nn2c(=O)cc(CNC(C)C3CCCCN3)nc2s1. The second-order valence-electron chi connectivity index (χ2n) is 5.86. The van der Waals surface area contributed by atoms with Gasteiger partial charge in [0.2, 0.25) is 4.96 Å². The minimum absolute atomic E-state index is 0.0961. The van der Waals surface area contributed by atoms with Crippen molar-refractivity contribution in [2.45, 2.75) is 58.2 Å². The third-order valence-electron chi connectivity index (χ3n) is 4.20. The van der Waals surface area contributed by atoms with Crippen molar-refractivity contribution in [3.63, 3.8) is 0 Å². The number of hydrogen-bond donors (Lipinski definition) is 2. The summed E-state index contributed by atoms with van der Waals surface area (Å²) in [4.78, 5) is 17.3. The Morgan fingerprint density at radius 2 is 2.41 bits per heavy atom. The molecule has 1 aliphatic heterocycles. The summed E-state index contributed by atoms with van der Waals surface area (Å²) in [6.45, 7) is 5.94. The fourth-order valence-corrected chi connectivity index (χ4v) is 3.70. The number of aromatic nitrogens is 3. The first kappa shape index (κ1) is 15.6. The summed E-state index contributed by atoms with van der Waals surface area (Å²) in [6, 6.07) is 2.46.